The molecule has 194 valence electrons. The summed E-state index contributed by atoms with van der Waals surface area (Å²) in [6.07, 6.45) is 0.978. The van der Waals surface area contributed by atoms with E-state index in [0.717, 1.165) is 11.1 Å². The highest BCUT2D eigenvalue weighted by molar-refractivity contribution is 6.30. The first-order valence-electron chi connectivity index (χ1n) is 11.7. The molecule has 2 amide bonds. The van der Waals surface area contributed by atoms with Gasteiger partial charge in [-0.25, -0.2) is 4.99 Å². The molecule has 0 fully saturated rings. The lowest BCUT2D eigenvalue weighted by Crippen LogP contribution is -2.41. The van der Waals surface area contributed by atoms with E-state index >= 15 is 0 Å². The van der Waals surface area contributed by atoms with Gasteiger partial charge in [-0.3, -0.25) is 9.59 Å². The van der Waals surface area contributed by atoms with Gasteiger partial charge in [-0.15, -0.1) is 0 Å². The van der Waals surface area contributed by atoms with Crippen LogP contribution in [0.1, 0.15) is 37.3 Å². The minimum absolute atomic E-state index is 0.00693. The maximum absolute atomic E-state index is 13.7. The van der Waals surface area contributed by atoms with Crippen molar-refractivity contribution in [2.24, 2.45) is 4.99 Å². The van der Waals surface area contributed by atoms with E-state index in [1.807, 2.05) is 36.4 Å². The summed E-state index contributed by atoms with van der Waals surface area (Å²) in [6.45, 7) is 8.32. The number of likely N-dealkylation sites (N-methyl/N-ethyl adjacent to an activating group) is 1. The number of hydrogen-bond acceptors (Lipinski definition) is 6. The Hall–Kier alpha value is -3.36. The molecule has 0 bridgehead atoms. The van der Waals surface area contributed by atoms with E-state index in [0.29, 0.717) is 30.1 Å². The smallest absolute Gasteiger partial charge is 0.273 e. The highest BCUT2D eigenvalue weighted by atomic mass is 35.5. The number of para-hydroxylation sites is 1. The van der Waals surface area contributed by atoms with Crippen LogP contribution >= 0.6 is 11.6 Å². The van der Waals surface area contributed by atoms with Crippen LogP contribution in [-0.4, -0.2) is 72.8 Å². The average molecular weight is 515 g/mol. The van der Waals surface area contributed by atoms with Crippen LogP contribution in [0.2, 0.25) is 5.02 Å². The summed E-state index contributed by atoms with van der Waals surface area (Å²) in [6, 6.07) is 15.0. The number of aliphatic imine (C=N–C) groups is 1. The first kappa shape index (κ1) is 28.9. The van der Waals surface area contributed by atoms with E-state index in [1.165, 1.54) is 16.8 Å². The quantitative estimate of drug-likeness (QED) is 0.177. The van der Waals surface area contributed by atoms with Crippen molar-refractivity contribution in [2.45, 2.75) is 32.7 Å². The average Bonchev–Trinajstić information content (AvgIpc) is 2.88. The lowest BCUT2D eigenvalue weighted by atomic mass is 10.0. The number of rotatable bonds is 14. The number of halogens is 1. The van der Waals surface area contributed by atoms with Crippen LogP contribution in [0, 0.1) is 0 Å². The second-order valence-electron chi connectivity index (χ2n) is 8.64. The second kappa shape index (κ2) is 14.3. The van der Waals surface area contributed by atoms with Crippen molar-refractivity contribution in [3.63, 3.8) is 0 Å². The molecule has 0 radical (unpaired) electrons. The molecule has 9 heteroatoms. The van der Waals surface area contributed by atoms with E-state index in [9.17, 15) is 14.7 Å². The number of benzene rings is 2. The molecule has 0 saturated carbocycles. The zero-order chi connectivity index (χ0) is 26.7. The molecular formula is C27H35ClN4O4. The Bertz CT molecular complexity index is 1060. The Labute approximate surface area is 218 Å². The molecule has 2 rings (SSSR count). The number of amides is 2. The van der Waals surface area contributed by atoms with Crippen LogP contribution in [-0.2, 0) is 16.1 Å². The fourth-order valence-electron chi connectivity index (χ4n) is 3.60. The third-order valence-electron chi connectivity index (χ3n) is 5.57. The lowest BCUT2D eigenvalue weighted by Gasteiger charge is -2.32. The first-order chi connectivity index (χ1) is 17.2. The Morgan fingerprint density at radius 2 is 1.83 bits per heavy atom. The number of aliphatic hydroxyl groups excluding tert-OH is 1. The van der Waals surface area contributed by atoms with Crippen LogP contribution in [0.3, 0.4) is 0 Å². The van der Waals surface area contributed by atoms with Crippen LogP contribution < -0.4 is 4.74 Å². The van der Waals surface area contributed by atoms with Gasteiger partial charge in [0.1, 0.15) is 11.4 Å². The predicted octanol–water partition coefficient (Wildman–Crippen LogP) is 4.10. The van der Waals surface area contributed by atoms with Gasteiger partial charge in [0, 0.05) is 38.8 Å². The fourth-order valence-corrected chi connectivity index (χ4v) is 3.73. The summed E-state index contributed by atoms with van der Waals surface area (Å²) in [4.78, 5) is 33.8. The van der Waals surface area contributed by atoms with Gasteiger partial charge in [0.15, 0.2) is 12.6 Å². The van der Waals surface area contributed by atoms with E-state index in [4.69, 9.17) is 16.3 Å². The molecule has 2 aromatic carbocycles. The van der Waals surface area contributed by atoms with Crippen molar-refractivity contribution in [3.8, 4) is 5.75 Å². The summed E-state index contributed by atoms with van der Waals surface area (Å²) >= 11 is 6.08. The van der Waals surface area contributed by atoms with Gasteiger partial charge in [-0.2, -0.15) is 0 Å². The van der Waals surface area contributed by atoms with Crippen molar-refractivity contribution < 1.29 is 19.4 Å². The highest BCUT2D eigenvalue weighted by Gasteiger charge is 2.28. The number of carbonyl (C=O) groups excluding carboxylic acids is 2. The number of nitrogens with zero attached hydrogens (tertiary/aromatic N) is 4. The minimum Gasteiger partial charge on any atom is -0.473 e. The van der Waals surface area contributed by atoms with E-state index in [-0.39, 0.29) is 43.2 Å². The monoisotopic (exact) mass is 514 g/mol. The molecule has 0 spiro atoms. The first-order valence-corrected chi connectivity index (χ1v) is 12.1. The maximum atomic E-state index is 13.7. The van der Waals surface area contributed by atoms with Gasteiger partial charge in [0.2, 0.25) is 6.41 Å². The fraction of sp³-hybridized carbons (Fsp3) is 0.370. The van der Waals surface area contributed by atoms with Crippen molar-refractivity contribution in [2.75, 3.05) is 34.0 Å². The Morgan fingerprint density at radius 1 is 1.17 bits per heavy atom. The molecule has 0 atom stereocenters. The summed E-state index contributed by atoms with van der Waals surface area (Å²) in [5.41, 5.74) is 2.06. The number of ether oxygens (including phenoxy) is 1. The van der Waals surface area contributed by atoms with E-state index in [2.05, 4.69) is 25.6 Å². The van der Waals surface area contributed by atoms with E-state index < -0.39 is 0 Å². The zero-order valence-corrected chi connectivity index (χ0v) is 22.1. The number of aliphatic hydroxyl groups is 1. The predicted molar refractivity (Wildman–Crippen MR) is 143 cm³/mol. The standard InChI is InChI=1S/C27H35ClN4O4/c1-20(2)23-9-6-7-10-24(23)36-19-32(17-21-11-13-22(28)14-12-21)25(26(29-3)31(5)18-34)27(35)30(4)15-8-16-33/h6-7,9-14,18,20,33H,3,8,15-17,19H2,1-2,4-5H3/b26-25+. The van der Waals surface area contributed by atoms with Gasteiger partial charge in [-0.05, 0) is 48.4 Å². The summed E-state index contributed by atoms with van der Waals surface area (Å²) < 4.78 is 6.24. The van der Waals surface area contributed by atoms with Crippen LogP contribution in [0.4, 0.5) is 0 Å². The van der Waals surface area contributed by atoms with Gasteiger partial charge in [0.25, 0.3) is 5.91 Å². The van der Waals surface area contributed by atoms with Gasteiger partial charge in [-0.1, -0.05) is 55.8 Å². The molecule has 0 unspecified atom stereocenters. The molecule has 1 N–H and O–H groups in total. The van der Waals surface area contributed by atoms with Crippen LogP contribution in [0.25, 0.3) is 0 Å². The molecule has 0 heterocycles. The van der Waals surface area contributed by atoms with Crippen molar-refractivity contribution >= 4 is 30.6 Å². The molecule has 0 saturated heterocycles. The summed E-state index contributed by atoms with van der Waals surface area (Å²) in [7, 11) is 3.14. The molecule has 0 aliphatic carbocycles. The minimum atomic E-state index is -0.380. The van der Waals surface area contributed by atoms with Crippen LogP contribution in [0.15, 0.2) is 65.0 Å². The van der Waals surface area contributed by atoms with Crippen molar-refractivity contribution in [1.82, 2.24) is 14.7 Å². The molecule has 36 heavy (non-hydrogen) atoms. The molecule has 2 aromatic rings. The normalized spacial score (nSPS) is 11.5. The molecule has 0 aliphatic heterocycles. The Morgan fingerprint density at radius 3 is 2.42 bits per heavy atom. The second-order valence-corrected chi connectivity index (χ2v) is 9.08. The largest absolute Gasteiger partial charge is 0.473 e. The van der Waals surface area contributed by atoms with E-state index in [1.54, 1.807) is 24.1 Å². The number of carbonyl (C=O) groups is 2. The van der Waals surface area contributed by atoms with Crippen molar-refractivity contribution in [3.05, 3.63) is 76.2 Å². The Balaban J connectivity index is 2.58. The van der Waals surface area contributed by atoms with Crippen molar-refractivity contribution in [1.29, 1.82) is 0 Å². The lowest BCUT2D eigenvalue weighted by molar-refractivity contribution is -0.128. The molecule has 0 aromatic heterocycles. The topological polar surface area (TPSA) is 85.7 Å². The van der Waals surface area contributed by atoms with Gasteiger partial charge >= 0.3 is 0 Å². The molecule has 8 nitrogen and oxygen atoms in total. The Kier molecular flexibility index (Phi) is 11.4. The zero-order valence-electron chi connectivity index (χ0n) is 21.4. The summed E-state index contributed by atoms with van der Waals surface area (Å²) in [5, 5.41) is 9.84. The van der Waals surface area contributed by atoms with Crippen LogP contribution in [0.5, 0.6) is 5.75 Å². The third kappa shape index (κ3) is 7.83. The maximum Gasteiger partial charge on any atom is 0.273 e. The number of hydrogen-bond donors (Lipinski definition) is 1. The van der Waals surface area contributed by atoms with Gasteiger partial charge in [0.05, 0.1) is 0 Å². The summed E-state index contributed by atoms with van der Waals surface area (Å²) in [5.74, 6) is 0.652. The molecular weight excluding hydrogens is 480 g/mol. The highest BCUT2D eigenvalue weighted by Crippen LogP contribution is 2.27. The molecule has 0 aliphatic rings. The SMILES string of the molecule is C=N/C(=C(/C(=O)N(C)CCCO)N(COc1ccccc1C(C)C)Cc1ccc(Cl)cc1)N(C)C=O. The third-order valence-corrected chi connectivity index (χ3v) is 5.83. The van der Waals surface area contributed by atoms with Gasteiger partial charge < -0.3 is 24.5 Å².